The molecule has 0 amide bonds. The van der Waals surface area contributed by atoms with Gasteiger partial charge < -0.3 is 0 Å². The van der Waals surface area contributed by atoms with Crippen LogP contribution in [0.3, 0.4) is 0 Å². The van der Waals surface area contributed by atoms with Crippen LogP contribution < -0.4 is 0 Å². The molecule has 2 aliphatic carbocycles. The largest absolute Gasteiger partial charge is 0.206 e. The average molecular weight is 439 g/mol. The highest BCUT2D eigenvalue weighted by Crippen LogP contribution is 2.48. The highest BCUT2D eigenvalue weighted by molar-refractivity contribution is 5.85. The van der Waals surface area contributed by atoms with Crippen LogP contribution in [-0.2, 0) is 6.42 Å². The predicted octanol–water partition coefficient (Wildman–Crippen LogP) is 9.51. The second-order valence-corrected chi connectivity index (χ2v) is 10.5. The summed E-state index contributed by atoms with van der Waals surface area (Å²) in [6, 6.07) is 7.48. The van der Waals surface area contributed by atoms with Gasteiger partial charge in [-0.1, -0.05) is 69.4 Å². The Hall–Kier alpha value is -1.70. The van der Waals surface area contributed by atoms with Crippen molar-refractivity contribution >= 4 is 10.8 Å². The zero-order valence-electron chi connectivity index (χ0n) is 20.0. The summed E-state index contributed by atoms with van der Waals surface area (Å²) < 4.78 is 30.1. The molecule has 2 aromatic rings. The van der Waals surface area contributed by atoms with E-state index in [0.717, 1.165) is 36.2 Å². The molecule has 0 N–H and O–H groups in total. The number of benzene rings is 2. The standard InChI is InChI=1S/C30H40F2/c1-3-5-7-9-21-11-12-24-18-25(15-14-23(24)17-21)27-19-26-16-13-22(10-8-6-4-2)30(32)29(26)28(31)20-27/h4,6,13,16,19-21,23-25H,3,5,7-12,14-15,17-18H2,1-2H3/b6-4+/t21?,23-,24?,25-/m1/s1. The fourth-order valence-electron chi connectivity index (χ4n) is 6.51. The van der Waals surface area contributed by atoms with Crippen LogP contribution in [0.5, 0.6) is 0 Å². The topological polar surface area (TPSA) is 0 Å². The molecule has 0 aromatic heterocycles. The smallest absolute Gasteiger partial charge is 0.137 e. The van der Waals surface area contributed by atoms with E-state index in [1.165, 1.54) is 57.8 Å². The number of fused-ring (bicyclic) bond motifs is 2. The third kappa shape index (κ3) is 5.26. The summed E-state index contributed by atoms with van der Waals surface area (Å²) in [4.78, 5) is 0. The number of aryl methyl sites for hydroxylation is 1. The van der Waals surface area contributed by atoms with Crippen LogP contribution in [0.25, 0.3) is 10.8 Å². The number of rotatable bonds is 8. The van der Waals surface area contributed by atoms with Crippen LogP contribution >= 0.6 is 0 Å². The fraction of sp³-hybridized carbons (Fsp3) is 0.600. The molecule has 4 rings (SSSR count). The molecular weight excluding hydrogens is 398 g/mol. The molecule has 2 fully saturated rings. The molecule has 4 atom stereocenters. The molecule has 0 saturated heterocycles. The molecule has 2 heteroatoms. The first-order valence-electron chi connectivity index (χ1n) is 13.1. The van der Waals surface area contributed by atoms with Gasteiger partial charge in [-0.15, -0.1) is 0 Å². The minimum atomic E-state index is -0.385. The number of halogens is 2. The van der Waals surface area contributed by atoms with Crippen LogP contribution in [0, 0.1) is 29.4 Å². The molecule has 2 saturated carbocycles. The third-order valence-electron chi connectivity index (χ3n) is 8.33. The SMILES string of the molecule is C/C=C/CCc1ccc2cc([C@@H]3CC[C@@H]4CC(CCCCC)CCC4C3)cc(F)c2c1F. The Morgan fingerprint density at radius 2 is 1.78 bits per heavy atom. The van der Waals surface area contributed by atoms with Crippen molar-refractivity contribution in [3.63, 3.8) is 0 Å². The second-order valence-electron chi connectivity index (χ2n) is 10.5. The Balaban J connectivity index is 1.45. The quantitative estimate of drug-likeness (QED) is 0.284. The van der Waals surface area contributed by atoms with Gasteiger partial charge in [-0.3, -0.25) is 0 Å². The van der Waals surface area contributed by atoms with Crippen LogP contribution in [0.2, 0.25) is 0 Å². The van der Waals surface area contributed by atoms with E-state index in [0.29, 0.717) is 23.3 Å². The molecule has 174 valence electrons. The average Bonchev–Trinajstić information content (AvgIpc) is 2.80. The highest BCUT2D eigenvalue weighted by Gasteiger charge is 2.36. The summed E-state index contributed by atoms with van der Waals surface area (Å²) in [5.41, 5.74) is 1.69. The van der Waals surface area contributed by atoms with Crippen LogP contribution in [0.4, 0.5) is 8.78 Å². The molecule has 0 radical (unpaired) electrons. The Bertz CT molecular complexity index is 928. The maximum atomic E-state index is 15.1. The van der Waals surface area contributed by atoms with Crippen LogP contribution in [-0.4, -0.2) is 0 Å². The summed E-state index contributed by atoms with van der Waals surface area (Å²) in [6.45, 7) is 4.25. The molecule has 2 unspecified atom stereocenters. The summed E-state index contributed by atoms with van der Waals surface area (Å²) in [5.74, 6) is 2.26. The van der Waals surface area contributed by atoms with Gasteiger partial charge in [-0.05, 0) is 98.1 Å². The van der Waals surface area contributed by atoms with Gasteiger partial charge in [0, 0.05) is 0 Å². The van der Waals surface area contributed by atoms with Crippen molar-refractivity contribution in [3.8, 4) is 0 Å². The lowest BCUT2D eigenvalue weighted by Crippen LogP contribution is -2.30. The highest BCUT2D eigenvalue weighted by atomic mass is 19.1. The van der Waals surface area contributed by atoms with E-state index in [4.69, 9.17) is 0 Å². The molecule has 0 bridgehead atoms. The van der Waals surface area contributed by atoms with Crippen molar-refractivity contribution in [3.05, 3.63) is 59.2 Å². The number of allylic oxidation sites excluding steroid dienone is 2. The maximum Gasteiger partial charge on any atom is 0.137 e. The van der Waals surface area contributed by atoms with Crippen molar-refractivity contribution in [1.29, 1.82) is 0 Å². The lowest BCUT2D eigenvalue weighted by atomic mass is 9.63. The molecule has 0 heterocycles. The van der Waals surface area contributed by atoms with Gasteiger partial charge in [0.15, 0.2) is 0 Å². The van der Waals surface area contributed by atoms with E-state index < -0.39 is 0 Å². The van der Waals surface area contributed by atoms with Gasteiger partial charge in [-0.25, -0.2) is 8.78 Å². The van der Waals surface area contributed by atoms with Gasteiger partial charge in [0.2, 0.25) is 0 Å². The number of hydrogen-bond acceptors (Lipinski definition) is 0. The Morgan fingerprint density at radius 1 is 0.969 bits per heavy atom. The van der Waals surface area contributed by atoms with Crippen molar-refractivity contribution in [2.75, 3.05) is 0 Å². The zero-order valence-corrected chi connectivity index (χ0v) is 20.0. The molecule has 2 aliphatic rings. The Morgan fingerprint density at radius 3 is 2.59 bits per heavy atom. The van der Waals surface area contributed by atoms with E-state index in [9.17, 15) is 0 Å². The van der Waals surface area contributed by atoms with Gasteiger partial charge in [0.05, 0.1) is 5.39 Å². The minimum Gasteiger partial charge on any atom is -0.206 e. The summed E-state index contributed by atoms with van der Waals surface area (Å²) in [6.07, 6.45) is 18.6. The maximum absolute atomic E-state index is 15.1. The van der Waals surface area contributed by atoms with E-state index >= 15 is 8.78 Å². The summed E-state index contributed by atoms with van der Waals surface area (Å²) in [5, 5.41) is 0.891. The monoisotopic (exact) mass is 438 g/mol. The minimum absolute atomic E-state index is 0.174. The van der Waals surface area contributed by atoms with Gasteiger partial charge in [0.1, 0.15) is 11.6 Å². The van der Waals surface area contributed by atoms with E-state index in [1.807, 2.05) is 31.2 Å². The first-order chi connectivity index (χ1) is 15.6. The second kappa shape index (κ2) is 10.9. The fourth-order valence-corrected chi connectivity index (χ4v) is 6.51. The van der Waals surface area contributed by atoms with Gasteiger partial charge >= 0.3 is 0 Å². The Labute approximate surface area is 193 Å². The molecule has 2 aromatic carbocycles. The lowest BCUT2D eigenvalue weighted by molar-refractivity contribution is 0.113. The van der Waals surface area contributed by atoms with E-state index in [-0.39, 0.29) is 17.0 Å². The van der Waals surface area contributed by atoms with Crippen molar-refractivity contribution in [1.82, 2.24) is 0 Å². The molecule has 0 nitrogen and oxygen atoms in total. The van der Waals surface area contributed by atoms with Crippen molar-refractivity contribution < 1.29 is 8.78 Å². The molecule has 32 heavy (non-hydrogen) atoms. The van der Waals surface area contributed by atoms with Gasteiger partial charge in [-0.2, -0.15) is 0 Å². The van der Waals surface area contributed by atoms with E-state index in [2.05, 4.69) is 13.0 Å². The normalized spacial score (nSPS) is 26.0. The Kier molecular flexibility index (Phi) is 8.02. The van der Waals surface area contributed by atoms with Crippen LogP contribution in [0.1, 0.15) is 102 Å². The van der Waals surface area contributed by atoms with Crippen LogP contribution in [0.15, 0.2) is 36.4 Å². The third-order valence-corrected chi connectivity index (χ3v) is 8.33. The molecule has 0 spiro atoms. The summed E-state index contributed by atoms with van der Waals surface area (Å²) in [7, 11) is 0. The van der Waals surface area contributed by atoms with E-state index in [1.54, 1.807) is 6.07 Å². The number of unbranched alkanes of at least 4 members (excludes halogenated alkanes) is 2. The first-order valence-corrected chi connectivity index (χ1v) is 13.1. The van der Waals surface area contributed by atoms with Crippen molar-refractivity contribution in [2.24, 2.45) is 17.8 Å². The lowest BCUT2D eigenvalue weighted by Gasteiger charge is -2.42. The van der Waals surface area contributed by atoms with Gasteiger partial charge in [0.25, 0.3) is 0 Å². The molecular formula is C30H40F2. The molecule has 0 aliphatic heterocycles. The number of hydrogen-bond donors (Lipinski definition) is 0. The predicted molar refractivity (Wildman–Crippen MR) is 132 cm³/mol. The van der Waals surface area contributed by atoms with Crippen molar-refractivity contribution in [2.45, 2.75) is 96.8 Å². The zero-order chi connectivity index (χ0) is 22.5. The summed E-state index contributed by atoms with van der Waals surface area (Å²) >= 11 is 0. The first kappa shape index (κ1) is 23.5.